The first kappa shape index (κ1) is 16.5. The van der Waals surface area contributed by atoms with Gasteiger partial charge in [0.05, 0.1) is 11.7 Å². The molecule has 1 N–H and O–H groups in total. The van der Waals surface area contributed by atoms with Crippen molar-refractivity contribution in [2.24, 2.45) is 0 Å². The fraction of sp³-hybridized carbons (Fsp3) is 0.625. The predicted octanol–water partition coefficient (Wildman–Crippen LogP) is -0.472. The van der Waals surface area contributed by atoms with E-state index in [2.05, 4.69) is 10.4 Å². The van der Waals surface area contributed by atoms with Crippen LogP contribution in [0.4, 0.5) is 0 Å². The lowest BCUT2D eigenvalue weighted by atomic mass is 10.1. The Hall–Kier alpha value is -2.38. The quantitative estimate of drug-likeness (QED) is 0.810. The van der Waals surface area contributed by atoms with E-state index in [9.17, 15) is 14.4 Å². The van der Waals surface area contributed by atoms with Crippen molar-refractivity contribution >= 4 is 17.7 Å². The highest BCUT2D eigenvalue weighted by Gasteiger charge is 2.45. The summed E-state index contributed by atoms with van der Waals surface area (Å²) in [7, 11) is 0. The predicted molar refractivity (Wildman–Crippen MR) is 85.9 cm³/mol. The summed E-state index contributed by atoms with van der Waals surface area (Å²) in [5.74, 6) is -0.256. The van der Waals surface area contributed by atoms with E-state index in [1.54, 1.807) is 27.6 Å². The summed E-state index contributed by atoms with van der Waals surface area (Å²) in [6, 6.07) is 1.29. The zero-order valence-electron chi connectivity index (χ0n) is 14.2. The molecule has 0 aliphatic carbocycles. The van der Waals surface area contributed by atoms with E-state index in [4.69, 9.17) is 0 Å². The van der Waals surface area contributed by atoms with Crippen molar-refractivity contribution < 1.29 is 14.4 Å². The maximum atomic E-state index is 12.6. The van der Waals surface area contributed by atoms with E-state index >= 15 is 0 Å². The van der Waals surface area contributed by atoms with Crippen molar-refractivity contribution in [2.75, 3.05) is 13.1 Å². The molecule has 3 rings (SSSR count). The lowest BCUT2D eigenvalue weighted by Crippen LogP contribution is -2.60. The molecule has 3 atom stereocenters. The van der Waals surface area contributed by atoms with Gasteiger partial charge in [0.1, 0.15) is 12.6 Å². The second-order valence-electron chi connectivity index (χ2n) is 6.65. The standard InChI is InChI=1S/C16H23N5O3/c1-10-4-5-19(18-10)9-15(23)20-8-14-6-13(17-12(3)22)7-21(14)16(24)11(20)2/h4-5,11,13-14H,6-9H2,1-3H3,(H,17,22)/t11-,13-,14-/m0/s1. The van der Waals surface area contributed by atoms with Crippen LogP contribution in [0.25, 0.3) is 0 Å². The Kier molecular flexibility index (Phi) is 4.29. The van der Waals surface area contributed by atoms with Gasteiger partial charge in [0, 0.05) is 32.3 Å². The lowest BCUT2D eigenvalue weighted by molar-refractivity contribution is -0.152. The van der Waals surface area contributed by atoms with Gasteiger partial charge in [-0.1, -0.05) is 0 Å². The average molecular weight is 333 g/mol. The Morgan fingerprint density at radius 2 is 2.12 bits per heavy atom. The van der Waals surface area contributed by atoms with Gasteiger partial charge in [-0.25, -0.2) is 0 Å². The van der Waals surface area contributed by atoms with Crippen LogP contribution in [0.15, 0.2) is 12.3 Å². The van der Waals surface area contributed by atoms with Crippen molar-refractivity contribution in [1.82, 2.24) is 24.9 Å². The summed E-state index contributed by atoms with van der Waals surface area (Å²) >= 11 is 0. The molecule has 2 fully saturated rings. The number of hydrogen-bond acceptors (Lipinski definition) is 4. The summed E-state index contributed by atoms with van der Waals surface area (Å²) < 4.78 is 1.59. The number of fused-ring (bicyclic) bond motifs is 1. The summed E-state index contributed by atoms with van der Waals surface area (Å²) in [4.78, 5) is 39.9. The van der Waals surface area contributed by atoms with Gasteiger partial charge in [-0.2, -0.15) is 5.10 Å². The maximum absolute atomic E-state index is 12.6. The van der Waals surface area contributed by atoms with Gasteiger partial charge >= 0.3 is 0 Å². The van der Waals surface area contributed by atoms with E-state index in [1.165, 1.54) is 6.92 Å². The van der Waals surface area contributed by atoms with Crippen LogP contribution in [-0.2, 0) is 20.9 Å². The van der Waals surface area contributed by atoms with Gasteiger partial charge in [0.15, 0.2) is 0 Å². The molecule has 2 aliphatic rings. The fourth-order valence-electron chi connectivity index (χ4n) is 3.61. The Morgan fingerprint density at radius 1 is 1.38 bits per heavy atom. The number of rotatable bonds is 3. The van der Waals surface area contributed by atoms with Crippen molar-refractivity contribution in [1.29, 1.82) is 0 Å². The number of carbonyl (C=O) groups is 3. The van der Waals surface area contributed by atoms with Crippen LogP contribution in [0.3, 0.4) is 0 Å². The van der Waals surface area contributed by atoms with Crippen molar-refractivity contribution in [3.63, 3.8) is 0 Å². The van der Waals surface area contributed by atoms with Crippen LogP contribution in [0, 0.1) is 6.92 Å². The molecule has 24 heavy (non-hydrogen) atoms. The maximum Gasteiger partial charge on any atom is 0.245 e. The Morgan fingerprint density at radius 3 is 2.75 bits per heavy atom. The zero-order valence-corrected chi connectivity index (χ0v) is 14.2. The molecule has 2 saturated heterocycles. The highest BCUT2D eigenvalue weighted by Crippen LogP contribution is 2.26. The number of nitrogens with one attached hydrogen (secondary N) is 1. The first-order chi connectivity index (χ1) is 11.3. The minimum atomic E-state index is -0.485. The largest absolute Gasteiger partial charge is 0.352 e. The summed E-state index contributed by atoms with van der Waals surface area (Å²) in [5, 5.41) is 7.10. The molecule has 130 valence electrons. The number of nitrogens with zero attached hydrogens (tertiary/aromatic N) is 4. The van der Waals surface area contributed by atoms with Gasteiger partial charge < -0.3 is 15.1 Å². The van der Waals surface area contributed by atoms with E-state index in [0.29, 0.717) is 19.5 Å². The molecule has 0 saturated carbocycles. The highest BCUT2D eigenvalue weighted by molar-refractivity contribution is 5.89. The molecule has 2 aliphatic heterocycles. The third kappa shape index (κ3) is 3.13. The second-order valence-corrected chi connectivity index (χ2v) is 6.65. The number of carbonyl (C=O) groups excluding carboxylic acids is 3. The minimum Gasteiger partial charge on any atom is -0.352 e. The first-order valence-electron chi connectivity index (χ1n) is 8.22. The van der Waals surface area contributed by atoms with Crippen LogP contribution < -0.4 is 5.32 Å². The van der Waals surface area contributed by atoms with Crippen molar-refractivity contribution in [2.45, 2.75) is 51.9 Å². The van der Waals surface area contributed by atoms with Crippen molar-refractivity contribution in [3.05, 3.63) is 18.0 Å². The number of amides is 3. The molecular weight excluding hydrogens is 310 g/mol. The molecule has 1 aromatic heterocycles. The Labute approximate surface area is 140 Å². The van der Waals surface area contributed by atoms with Crippen LogP contribution >= 0.6 is 0 Å². The van der Waals surface area contributed by atoms with Crippen molar-refractivity contribution in [3.8, 4) is 0 Å². The number of hydrogen-bond donors (Lipinski definition) is 1. The molecule has 0 spiro atoms. The van der Waals surface area contributed by atoms with Gasteiger partial charge in [-0.15, -0.1) is 0 Å². The molecular formula is C16H23N5O3. The Balaban J connectivity index is 1.69. The van der Waals surface area contributed by atoms with Gasteiger partial charge in [-0.3, -0.25) is 19.1 Å². The van der Waals surface area contributed by atoms with Crippen LogP contribution in [0.1, 0.15) is 26.0 Å². The van der Waals surface area contributed by atoms with E-state index in [-0.39, 0.29) is 36.3 Å². The molecule has 1 aromatic rings. The third-order valence-electron chi connectivity index (χ3n) is 4.73. The first-order valence-corrected chi connectivity index (χ1v) is 8.22. The molecule has 0 aromatic carbocycles. The smallest absolute Gasteiger partial charge is 0.245 e. The van der Waals surface area contributed by atoms with E-state index in [1.807, 2.05) is 13.0 Å². The van der Waals surface area contributed by atoms with Gasteiger partial charge in [0.25, 0.3) is 0 Å². The summed E-state index contributed by atoms with van der Waals surface area (Å²) in [6.45, 7) is 6.26. The van der Waals surface area contributed by atoms with E-state index < -0.39 is 6.04 Å². The van der Waals surface area contributed by atoms with Gasteiger partial charge in [0.2, 0.25) is 17.7 Å². The average Bonchev–Trinajstić information content (AvgIpc) is 3.08. The molecule has 3 amide bonds. The second kappa shape index (κ2) is 6.26. The number of piperazine rings is 1. The topological polar surface area (TPSA) is 87.5 Å². The normalized spacial score (nSPS) is 26.5. The van der Waals surface area contributed by atoms with Crippen LogP contribution in [0.5, 0.6) is 0 Å². The zero-order chi connectivity index (χ0) is 17.4. The molecule has 0 unspecified atom stereocenters. The molecule has 0 bridgehead atoms. The third-order valence-corrected chi connectivity index (χ3v) is 4.73. The number of aryl methyl sites for hydroxylation is 1. The monoisotopic (exact) mass is 333 g/mol. The van der Waals surface area contributed by atoms with Crippen LogP contribution in [-0.4, -0.2) is 68.5 Å². The van der Waals surface area contributed by atoms with E-state index in [0.717, 1.165) is 5.69 Å². The molecule has 0 radical (unpaired) electrons. The molecule has 3 heterocycles. The minimum absolute atomic E-state index is 0.0335. The lowest BCUT2D eigenvalue weighted by Gasteiger charge is -2.41. The fourth-order valence-corrected chi connectivity index (χ4v) is 3.61. The SMILES string of the molecule is CC(=O)N[C@H]1C[C@H]2CN(C(=O)Cn3ccc(C)n3)[C@@H](C)C(=O)N2C1. The molecule has 8 heteroatoms. The Bertz CT molecular complexity index is 670. The summed E-state index contributed by atoms with van der Waals surface area (Å²) in [5.41, 5.74) is 0.852. The molecule has 8 nitrogen and oxygen atoms in total. The number of aromatic nitrogens is 2. The van der Waals surface area contributed by atoms with Crippen LogP contribution in [0.2, 0.25) is 0 Å². The summed E-state index contributed by atoms with van der Waals surface area (Å²) in [6.07, 6.45) is 2.45. The highest BCUT2D eigenvalue weighted by atomic mass is 16.2. The van der Waals surface area contributed by atoms with Gasteiger partial charge in [-0.05, 0) is 26.3 Å².